The van der Waals surface area contributed by atoms with Crippen molar-refractivity contribution in [3.05, 3.63) is 23.8 Å². The molecular weight excluding hydrogens is 264 g/mol. The molecule has 1 atom stereocenters. The summed E-state index contributed by atoms with van der Waals surface area (Å²) in [4.78, 5) is 0.255. The van der Waals surface area contributed by atoms with Crippen LogP contribution in [0.2, 0.25) is 0 Å². The third-order valence-corrected chi connectivity index (χ3v) is 4.92. The van der Waals surface area contributed by atoms with Crippen molar-refractivity contribution >= 4 is 10.0 Å². The van der Waals surface area contributed by atoms with Crippen LogP contribution in [0.25, 0.3) is 0 Å². The lowest BCUT2D eigenvalue weighted by molar-refractivity contribution is 0.411. The Kier molecular flexibility index (Phi) is 4.13. The molecule has 1 aliphatic carbocycles. The molecule has 0 heterocycles. The largest absolute Gasteiger partial charge is 0.496 e. The van der Waals surface area contributed by atoms with Crippen LogP contribution in [0.3, 0.4) is 0 Å². The lowest BCUT2D eigenvalue weighted by Gasteiger charge is -2.16. The Bertz CT molecular complexity index is 553. The zero-order valence-corrected chi connectivity index (χ0v) is 12.0. The van der Waals surface area contributed by atoms with Gasteiger partial charge in [0.2, 0.25) is 10.0 Å². The summed E-state index contributed by atoms with van der Waals surface area (Å²) in [5, 5.41) is 0. The van der Waals surface area contributed by atoms with Gasteiger partial charge < -0.3 is 10.5 Å². The predicted molar refractivity (Wildman–Crippen MR) is 73.6 cm³/mol. The van der Waals surface area contributed by atoms with Crippen LogP contribution in [0, 0.1) is 12.8 Å². The van der Waals surface area contributed by atoms with E-state index < -0.39 is 10.0 Å². The Labute approximate surface area is 114 Å². The van der Waals surface area contributed by atoms with Crippen molar-refractivity contribution in [2.45, 2.75) is 30.7 Å². The molecule has 1 saturated carbocycles. The zero-order chi connectivity index (χ0) is 14.0. The lowest BCUT2D eigenvalue weighted by atomic mass is 10.2. The number of methoxy groups -OCH3 is 1. The standard InChI is InChI=1S/C13H20N2O3S/c1-9-7-11(5-6-13(9)18-2)19(16,17)15-12(8-14)10-3-4-10/h5-7,10,12,15H,3-4,8,14H2,1-2H3. The molecule has 5 nitrogen and oxygen atoms in total. The van der Waals surface area contributed by atoms with E-state index in [4.69, 9.17) is 10.5 Å². The van der Waals surface area contributed by atoms with Crippen molar-refractivity contribution < 1.29 is 13.2 Å². The smallest absolute Gasteiger partial charge is 0.240 e. The van der Waals surface area contributed by atoms with Crippen molar-refractivity contribution in [2.24, 2.45) is 11.7 Å². The molecule has 1 fully saturated rings. The monoisotopic (exact) mass is 284 g/mol. The first-order valence-electron chi connectivity index (χ1n) is 6.35. The molecule has 3 N–H and O–H groups in total. The summed E-state index contributed by atoms with van der Waals surface area (Å²) in [7, 11) is -1.95. The molecule has 6 heteroatoms. The molecule has 1 aromatic carbocycles. The first kappa shape index (κ1) is 14.3. The molecule has 2 rings (SSSR count). The summed E-state index contributed by atoms with van der Waals surface area (Å²) in [6.45, 7) is 2.15. The van der Waals surface area contributed by atoms with Crippen molar-refractivity contribution in [1.82, 2.24) is 4.72 Å². The van der Waals surface area contributed by atoms with Crippen LogP contribution in [-0.2, 0) is 10.0 Å². The highest BCUT2D eigenvalue weighted by Crippen LogP contribution is 2.33. The first-order chi connectivity index (χ1) is 8.97. The van der Waals surface area contributed by atoms with Gasteiger partial charge in [0.1, 0.15) is 5.75 Å². The number of rotatable bonds is 6. The highest BCUT2D eigenvalue weighted by molar-refractivity contribution is 7.89. The van der Waals surface area contributed by atoms with Gasteiger partial charge in [0.05, 0.1) is 12.0 Å². The molecule has 1 aromatic rings. The van der Waals surface area contributed by atoms with E-state index in [1.54, 1.807) is 25.3 Å². The van der Waals surface area contributed by atoms with Crippen LogP contribution in [0.4, 0.5) is 0 Å². The maximum atomic E-state index is 12.3. The average Bonchev–Trinajstić information content (AvgIpc) is 3.20. The molecule has 1 unspecified atom stereocenters. The summed E-state index contributed by atoms with van der Waals surface area (Å²) in [6, 6.07) is 4.67. The molecule has 0 spiro atoms. The summed E-state index contributed by atoms with van der Waals surface area (Å²) in [5.41, 5.74) is 6.42. The zero-order valence-electron chi connectivity index (χ0n) is 11.2. The molecule has 0 bridgehead atoms. The van der Waals surface area contributed by atoms with E-state index in [0.717, 1.165) is 18.4 Å². The molecule has 0 aliphatic heterocycles. The Morgan fingerprint density at radius 1 is 1.47 bits per heavy atom. The second kappa shape index (κ2) is 5.48. The second-order valence-corrected chi connectivity index (χ2v) is 6.65. The van der Waals surface area contributed by atoms with Crippen LogP contribution in [-0.4, -0.2) is 28.1 Å². The molecule has 0 saturated heterocycles. The number of nitrogens with two attached hydrogens (primary N) is 1. The fraction of sp³-hybridized carbons (Fsp3) is 0.538. The van der Waals surface area contributed by atoms with Gasteiger partial charge in [-0.15, -0.1) is 0 Å². The van der Waals surface area contributed by atoms with Gasteiger partial charge in [-0.2, -0.15) is 0 Å². The molecule has 0 radical (unpaired) electrons. The van der Waals surface area contributed by atoms with Crippen molar-refractivity contribution in [2.75, 3.05) is 13.7 Å². The number of benzene rings is 1. The number of ether oxygens (including phenoxy) is 1. The van der Waals surface area contributed by atoms with Crippen molar-refractivity contribution in [3.63, 3.8) is 0 Å². The summed E-state index contributed by atoms with van der Waals surface area (Å²) >= 11 is 0. The number of aryl methyl sites for hydroxylation is 1. The van der Waals surface area contributed by atoms with E-state index in [1.807, 2.05) is 6.92 Å². The van der Waals surface area contributed by atoms with Crippen LogP contribution in [0.5, 0.6) is 5.75 Å². The minimum absolute atomic E-state index is 0.160. The average molecular weight is 284 g/mol. The minimum atomic E-state index is -3.51. The second-order valence-electron chi connectivity index (χ2n) is 4.93. The molecule has 0 aromatic heterocycles. The Hall–Kier alpha value is -1.11. The third kappa shape index (κ3) is 3.26. The molecule has 1 aliphatic rings. The molecule has 106 valence electrons. The number of hydrogen-bond donors (Lipinski definition) is 2. The fourth-order valence-corrected chi connectivity index (χ4v) is 3.52. The van der Waals surface area contributed by atoms with E-state index in [1.165, 1.54) is 0 Å². The highest BCUT2D eigenvalue weighted by atomic mass is 32.2. The predicted octanol–water partition coefficient (Wildman–Crippen LogP) is 1.02. The Morgan fingerprint density at radius 2 is 2.16 bits per heavy atom. The van der Waals surface area contributed by atoms with Crippen LogP contribution in [0.15, 0.2) is 23.1 Å². The van der Waals surface area contributed by atoms with E-state index in [-0.39, 0.29) is 10.9 Å². The van der Waals surface area contributed by atoms with E-state index in [9.17, 15) is 8.42 Å². The maximum Gasteiger partial charge on any atom is 0.240 e. The van der Waals surface area contributed by atoms with Gasteiger partial charge in [0.25, 0.3) is 0 Å². The van der Waals surface area contributed by atoms with E-state index in [0.29, 0.717) is 18.2 Å². The van der Waals surface area contributed by atoms with Gasteiger partial charge in [0.15, 0.2) is 0 Å². The number of sulfonamides is 1. The summed E-state index contributed by atoms with van der Waals surface area (Å²) in [6.07, 6.45) is 2.10. The Morgan fingerprint density at radius 3 is 2.63 bits per heavy atom. The first-order valence-corrected chi connectivity index (χ1v) is 7.83. The van der Waals surface area contributed by atoms with Crippen molar-refractivity contribution in [3.8, 4) is 5.75 Å². The van der Waals surface area contributed by atoms with Gasteiger partial charge in [-0.1, -0.05) is 0 Å². The van der Waals surface area contributed by atoms with Crippen molar-refractivity contribution in [1.29, 1.82) is 0 Å². The SMILES string of the molecule is COc1ccc(S(=O)(=O)NC(CN)C2CC2)cc1C. The van der Waals surface area contributed by atoms with Crippen LogP contribution in [0.1, 0.15) is 18.4 Å². The minimum Gasteiger partial charge on any atom is -0.496 e. The van der Waals surface area contributed by atoms with E-state index >= 15 is 0 Å². The third-order valence-electron chi connectivity index (χ3n) is 3.43. The number of nitrogens with one attached hydrogen (secondary N) is 1. The molecule has 0 amide bonds. The van der Waals surface area contributed by atoms with Gasteiger partial charge in [-0.05, 0) is 49.4 Å². The Balaban J connectivity index is 2.21. The van der Waals surface area contributed by atoms with Crippen LogP contribution < -0.4 is 15.2 Å². The molecular formula is C13H20N2O3S. The topological polar surface area (TPSA) is 81.4 Å². The van der Waals surface area contributed by atoms with Gasteiger partial charge in [0, 0.05) is 12.6 Å². The summed E-state index contributed by atoms with van der Waals surface area (Å²) in [5.74, 6) is 1.07. The lowest BCUT2D eigenvalue weighted by Crippen LogP contribution is -2.41. The molecule has 19 heavy (non-hydrogen) atoms. The normalized spacial score (nSPS) is 17.2. The van der Waals surface area contributed by atoms with Gasteiger partial charge >= 0.3 is 0 Å². The quantitative estimate of drug-likeness (QED) is 0.817. The van der Waals surface area contributed by atoms with Gasteiger partial charge in [-0.3, -0.25) is 0 Å². The van der Waals surface area contributed by atoms with E-state index in [2.05, 4.69) is 4.72 Å². The highest BCUT2D eigenvalue weighted by Gasteiger charge is 2.33. The maximum absolute atomic E-state index is 12.3. The fourth-order valence-electron chi connectivity index (χ4n) is 2.12. The van der Waals surface area contributed by atoms with Gasteiger partial charge in [-0.25, -0.2) is 13.1 Å². The summed E-state index contributed by atoms with van der Waals surface area (Å²) < 4.78 is 32.4. The van der Waals surface area contributed by atoms with Crippen LogP contribution >= 0.6 is 0 Å². The number of hydrogen-bond acceptors (Lipinski definition) is 4.